The molecule has 0 spiro atoms. The van der Waals surface area contributed by atoms with Gasteiger partial charge in [-0.15, -0.1) is 0 Å². The van der Waals surface area contributed by atoms with Crippen molar-refractivity contribution in [3.63, 3.8) is 0 Å². The first-order chi connectivity index (χ1) is 6.66. The third kappa shape index (κ3) is 2.27. The molecule has 1 heterocycles. The van der Waals surface area contributed by atoms with E-state index >= 15 is 0 Å². The van der Waals surface area contributed by atoms with Gasteiger partial charge in [-0.05, 0) is 40.8 Å². The fraction of sp³-hybridized carbons (Fsp3) is 0.545. The van der Waals surface area contributed by atoms with Crippen molar-refractivity contribution in [3.8, 4) is 5.75 Å². The van der Waals surface area contributed by atoms with Crippen LogP contribution < -0.4 is 4.74 Å². The predicted molar refractivity (Wildman–Crippen MR) is 59.7 cm³/mol. The lowest BCUT2D eigenvalue weighted by atomic mass is 10.1. The normalized spacial score (nSPS) is 16.0. The summed E-state index contributed by atoms with van der Waals surface area (Å²) in [5, 5.41) is 0. The first-order valence-corrected chi connectivity index (χ1v) is 5.78. The van der Waals surface area contributed by atoms with E-state index in [1.807, 2.05) is 12.3 Å². The van der Waals surface area contributed by atoms with Crippen molar-refractivity contribution in [2.75, 3.05) is 0 Å². The van der Waals surface area contributed by atoms with Crippen molar-refractivity contribution in [1.29, 1.82) is 0 Å². The minimum atomic E-state index is 0.414. The van der Waals surface area contributed by atoms with Gasteiger partial charge in [-0.3, -0.25) is 4.98 Å². The van der Waals surface area contributed by atoms with Crippen LogP contribution in [0.15, 0.2) is 16.7 Å². The molecule has 0 aromatic carbocycles. The highest BCUT2D eigenvalue weighted by molar-refractivity contribution is 9.10. The van der Waals surface area contributed by atoms with E-state index in [0.29, 0.717) is 12.0 Å². The van der Waals surface area contributed by atoms with Crippen LogP contribution in [-0.2, 0) is 0 Å². The molecule has 0 N–H and O–H groups in total. The number of hydrogen-bond donors (Lipinski definition) is 0. The second kappa shape index (κ2) is 3.89. The highest BCUT2D eigenvalue weighted by atomic mass is 79.9. The van der Waals surface area contributed by atoms with Gasteiger partial charge in [0.1, 0.15) is 5.75 Å². The third-order valence-electron chi connectivity index (χ3n) is 2.21. The Balaban J connectivity index is 2.27. The quantitative estimate of drug-likeness (QED) is 0.825. The molecule has 0 unspecified atom stereocenters. The third-order valence-corrected chi connectivity index (χ3v) is 2.65. The SMILES string of the molecule is CC(C)c1ncc(Br)cc1OC1CC1. The summed E-state index contributed by atoms with van der Waals surface area (Å²) < 4.78 is 6.79. The number of pyridine rings is 1. The van der Waals surface area contributed by atoms with E-state index in [2.05, 4.69) is 34.8 Å². The fourth-order valence-electron chi connectivity index (χ4n) is 1.32. The summed E-state index contributed by atoms with van der Waals surface area (Å²) in [6, 6.07) is 2.01. The van der Waals surface area contributed by atoms with E-state index in [-0.39, 0.29) is 0 Å². The number of hydrogen-bond acceptors (Lipinski definition) is 2. The Morgan fingerprint density at radius 2 is 2.21 bits per heavy atom. The lowest BCUT2D eigenvalue weighted by Crippen LogP contribution is -2.03. The molecule has 0 saturated heterocycles. The summed E-state index contributed by atoms with van der Waals surface area (Å²) in [6.07, 6.45) is 4.63. The number of halogens is 1. The van der Waals surface area contributed by atoms with Gasteiger partial charge in [0.25, 0.3) is 0 Å². The van der Waals surface area contributed by atoms with Crippen molar-refractivity contribution in [1.82, 2.24) is 4.98 Å². The van der Waals surface area contributed by atoms with Gasteiger partial charge in [0, 0.05) is 10.7 Å². The molecule has 1 aliphatic carbocycles. The Bertz CT molecular complexity index is 334. The Hall–Kier alpha value is -0.570. The number of ether oxygens (including phenoxy) is 1. The summed E-state index contributed by atoms with van der Waals surface area (Å²) in [7, 11) is 0. The Labute approximate surface area is 92.8 Å². The van der Waals surface area contributed by atoms with Gasteiger partial charge in [0.05, 0.1) is 11.8 Å². The molecule has 1 aliphatic rings. The van der Waals surface area contributed by atoms with Crippen LogP contribution in [0.2, 0.25) is 0 Å². The highest BCUT2D eigenvalue weighted by Crippen LogP contribution is 2.32. The minimum Gasteiger partial charge on any atom is -0.488 e. The standard InChI is InChI=1S/C11H14BrNO/c1-7(2)11-10(14-9-3-4-9)5-8(12)6-13-11/h5-7,9H,3-4H2,1-2H3. The zero-order valence-corrected chi connectivity index (χ0v) is 10.0. The molecular formula is C11H14BrNO. The van der Waals surface area contributed by atoms with E-state index in [1.165, 1.54) is 12.8 Å². The second-order valence-corrected chi connectivity index (χ2v) is 4.92. The van der Waals surface area contributed by atoms with Crippen molar-refractivity contribution in [2.24, 2.45) is 0 Å². The summed E-state index contributed by atoms with van der Waals surface area (Å²) in [6.45, 7) is 4.27. The molecule has 1 saturated carbocycles. The molecule has 0 atom stereocenters. The van der Waals surface area contributed by atoms with Crippen LogP contribution in [0.5, 0.6) is 5.75 Å². The van der Waals surface area contributed by atoms with E-state index in [0.717, 1.165) is 15.9 Å². The van der Waals surface area contributed by atoms with E-state index < -0.39 is 0 Å². The Morgan fingerprint density at radius 3 is 2.79 bits per heavy atom. The average Bonchev–Trinajstić information content (AvgIpc) is 2.87. The van der Waals surface area contributed by atoms with Gasteiger partial charge in [-0.1, -0.05) is 13.8 Å². The molecule has 1 fully saturated rings. The first kappa shape index (κ1) is 9.97. The van der Waals surface area contributed by atoms with E-state index in [4.69, 9.17) is 4.74 Å². The molecule has 1 aromatic rings. The maximum atomic E-state index is 5.81. The van der Waals surface area contributed by atoms with Crippen LogP contribution in [0.4, 0.5) is 0 Å². The lowest BCUT2D eigenvalue weighted by Gasteiger charge is -2.12. The summed E-state index contributed by atoms with van der Waals surface area (Å²) in [5.74, 6) is 1.36. The fourth-order valence-corrected chi connectivity index (χ4v) is 1.63. The molecule has 2 rings (SSSR count). The van der Waals surface area contributed by atoms with Gasteiger partial charge >= 0.3 is 0 Å². The molecule has 1 aromatic heterocycles. The largest absolute Gasteiger partial charge is 0.488 e. The zero-order chi connectivity index (χ0) is 10.1. The van der Waals surface area contributed by atoms with Crippen LogP contribution >= 0.6 is 15.9 Å². The molecule has 0 amide bonds. The van der Waals surface area contributed by atoms with Crippen LogP contribution in [0, 0.1) is 0 Å². The minimum absolute atomic E-state index is 0.414. The van der Waals surface area contributed by atoms with Gasteiger partial charge in [0.2, 0.25) is 0 Å². The van der Waals surface area contributed by atoms with Crippen LogP contribution in [-0.4, -0.2) is 11.1 Å². The molecule has 0 aliphatic heterocycles. The van der Waals surface area contributed by atoms with Crippen molar-refractivity contribution in [2.45, 2.75) is 38.7 Å². The monoisotopic (exact) mass is 255 g/mol. The topological polar surface area (TPSA) is 22.1 Å². The van der Waals surface area contributed by atoms with Crippen LogP contribution in [0.25, 0.3) is 0 Å². The summed E-state index contributed by atoms with van der Waals surface area (Å²) in [4.78, 5) is 4.39. The summed E-state index contributed by atoms with van der Waals surface area (Å²) >= 11 is 3.41. The Kier molecular flexibility index (Phi) is 2.77. The highest BCUT2D eigenvalue weighted by Gasteiger charge is 2.25. The molecular weight excluding hydrogens is 242 g/mol. The molecule has 76 valence electrons. The zero-order valence-electron chi connectivity index (χ0n) is 8.46. The number of rotatable bonds is 3. The van der Waals surface area contributed by atoms with E-state index in [9.17, 15) is 0 Å². The van der Waals surface area contributed by atoms with E-state index in [1.54, 1.807) is 0 Å². The van der Waals surface area contributed by atoms with Crippen molar-refractivity contribution in [3.05, 3.63) is 22.4 Å². The molecule has 14 heavy (non-hydrogen) atoms. The Morgan fingerprint density at radius 1 is 1.50 bits per heavy atom. The van der Waals surface area contributed by atoms with Crippen LogP contribution in [0.1, 0.15) is 38.3 Å². The summed E-state index contributed by atoms with van der Waals surface area (Å²) in [5.41, 5.74) is 1.06. The predicted octanol–water partition coefficient (Wildman–Crippen LogP) is 3.51. The molecule has 0 radical (unpaired) electrons. The first-order valence-electron chi connectivity index (χ1n) is 4.99. The van der Waals surface area contributed by atoms with Gasteiger partial charge in [0.15, 0.2) is 0 Å². The average molecular weight is 256 g/mol. The van der Waals surface area contributed by atoms with Crippen molar-refractivity contribution >= 4 is 15.9 Å². The molecule has 3 heteroatoms. The van der Waals surface area contributed by atoms with Crippen LogP contribution in [0.3, 0.4) is 0 Å². The molecule has 0 bridgehead atoms. The number of nitrogens with zero attached hydrogens (tertiary/aromatic N) is 1. The maximum absolute atomic E-state index is 5.81. The van der Waals surface area contributed by atoms with Crippen molar-refractivity contribution < 1.29 is 4.74 Å². The maximum Gasteiger partial charge on any atom is 0.142 e. The lowest BCUT2D eigenvalue weighted by molar-refractivity contribution is 0.296. The van der Waals surface area contributed by atoms with Gasteiger partial charge in [-0.25, -0.2) is 0 Å². The molecule has 2 nitrogen and oxygen atoms in total. The smallest absolute Gasteiger partial charge is 0.142 e. The number of aromatic nitrogens is 1. The van der Waals surface area contributed by atoms with Gasteiger partial charge < -0.3 is 4.74 Å². The van der Waals surface area contributed by atoms with Gasteiger partial charge in [-0.2, -0.15) is 0 Å². The second-order valence-electron chi connectivity index (χ2n) is 4.01.